The number of aliphatic hydroxyl groups excluding tert-OH is 17. The summed E-state index contributed by atoms with van der Waals surface area (Å²) >= 11 is 0. The third-order valence-corrected chi connectivity index (χ3v) is 21.7. The van der Waals surface area contributed by atoms with Gasteiger partial charge < -0.3 is 154 Å². The summed E-state index contributed by atoms with van der Waals surface area (Å²) in [6, 6.07) is -2.98. The Hall–Kier alpha value is -2.48. The first-order valence-electron chi connectivity index (χ1n) is 40.7. The Bertz CT molecular complexity index is 2470. The summed E-state index contributed by atoms with van der Waals surface area (Å²) in [6.45, 7) is 3.56. The minimum absolute atomic E-state index is 0.173. The minimum atomic E-state index is -2.25. The summed E-state index contributed by atoms with van der Waals surface area (Å²) in [5.74, 6) is -1.25. The van der Waals surface area contributed by atoms with Crippen molar-refractivity contribution in [1.82, 2.24) is 10.6 Å². The summed E-state index contributed by atoms with van der Waals surface area (Å²) in [7, 11) is 0. The van der Waals surface area contributed by atoms with Crippen molar-refractivity contribution in [2.75, 3.05) is 33.0 Å². The lowest BCUT2D eigenvalue weighted by Gasteiger charge is -2.52. The molecule has 0 aromatic heterocycles. The molecule has 6 saturated heterocycles. The number of hydrogen-bond acceptors (Lipinski definition) is 31. The first-order valence-corrected chi connectivity index (χ1v) is 40.7. The Kier molecular flexibility index (Phi) is 44.5. The van der Waals surface area contributed by atoms with Crippen LogP contribution in [0.15, 0.2) is 12.2 Å². The van der Waals surface area contributed by atoms with Crippen LogP contribution >= 0.6 is 0 Å². The summed E-state index contributed by atoms with van der Waals surface area (Å²) < 4.78 is 72.5. The molecule has 0 aromatic carbocycles. The van der Waals surface area contributed by atoms with Gasteiger partial charge in [-0.15, -0.1) is 0 Å². The number of carbonyl (C=O) groups excluding carboxylic acids is 2. The maximum atomic E-state index is 13.6. The van der Waals surface area contributed by atoms with Gasteiger partial charge in [0, 0.05) is 13.3 Å². The second-order valence-electron chi connectivity index (χ2n) is 30.6. The lowest BCUT2D eigenvalue weighted by atomic mass is 9.93. The zero-order valence-corrected chi connectivity index (χ0v) is 64.7. The molecule has 0 bridgehead atoms. The summed E-state index contributed by atoms with van der Waals surface area (Å²) in [4.78, 5) is 27.0. The molecule has 2 amide bonds. The summed E-state index contributed by atoms with van der Waals surface area (Å²) in [5.41, 5.74) is 0. The third-order valence-electron chi connectivity index (χ3n) is 21.7. The average molecular weight is 1580 g/mol. The molecular formula is C76H138N2O31. The molecule has 0 spiro atoms. The number of aliphatic hydroxyl groups is 17. The van der Waals surface area contributed by atoms with Gasteiger partial charge in [-0.25, -0.2) is 0 Å². The van der Waals surface area contributed by atoms with Gasteiger partial charge in [-0.1, -0.05) is 193 Å². The first kappa shape index (κ1) is 95.4. The maximum absolute atomic E-state index is 13.6. The van der Waals surface area contributed by atoms with Crippen molar-refractivity contribution < 1.29 is 153 Å². The predicted octanol–water partition coefficient (Wildman–Crippen LogP) is 0.268. The van der Waals surface area contributed by atoms with Crippen LogP contribution in [0.3, 0.4) is 0 Å². The van der Waals surface area contributed by atoms with Crippen LogP contribution in [0.5, 0.6) is 0 Å². The molecule has 6 aliphatic rings. The fourth-order valence-electron chi connectivity index (χ4n) is 14.9. The number of allylic oxidation sites excluding steroid dienone is 1. The van der Waals surface area contributed by atoms with E-state index < -0.39 is 235 Å². The van der Waals surface area contributed by atoms with Gasteiger partial charge in [0.15, 0.2) is 37.7 Å². The van der Waals surface area contributed by atoms with E-state index in [4.69, 9.17) is 56.8 Å². The normalized spacial score (nSPS) is 38.0. The van der Waals surface area contributed by atoms with Crippen LogP contribution < -0.4 is 10.6 Å². The highest BCUT2D eigenvalue weighted by atomic mass is 16.8. The van der Waals surface area contributed by atoms with E-state index in [-0.39, 0.29) is 12.3 Å². The van der Waals surface area contributed by atoms with E-state index in [2.05, 4.69) is 24.5 Å². The largest absolute Gasteiger partial charge is 0.394 e. The Morgan fingerprint density at radius 3 is 1.24 bits per heavy atom. The van der Waals surface area contributed by atoms with Gasteiger partial charge in [-0.05, 0) is 33.1 Å². The highest BCUT2D eigenvalue weighted by Gasteiger charge is 2.59. The van der Waals surface area contributed by atoms with Crippen LogP contribution in [-0.2, 0) is 66.4 Å². The van der Waals surface area contributed by atoms with Crippen molar-refractivity contribution in [3.8, 4) is 0 Å². The second kappa shape index (κ2) is 50.9. The zero-order chi connectivity index (χ0) is 79.7. The Morgan fingerprint density at radius 1 is 0.376 bits per heavy atom. The molecule has 12 unspecified atom stereocenters. The Balaban J connectivity index is 1.15. The van der Waals surface area contributed by atoms with Gasteiger partial charge >= 0.3 is 0 Å². The molecule has 6 fully saturated rings. The number of rotatable bonds is 51. The highest BCUT2D eigenvalue weighted by Crippen LogP contribution is 2.39. The van der Waals surface area contributed by atoms with E-state index >= 15 is 0 Å². The van der Waals surface area contributed by atoms with E-state index in [1.54, 1.807) is 6.08 Å². The van der Waals surface area contributed by atoms with E-state index in [1.807, 2.05) is 6.08 Å². The molecule has 33 heteroatoms. The molecule has 6 heterocycles. The lowest BCUT2D eigenvalue weighted by molar-refractivity contribution is -0.400. The molecule has 109 heavy (non-hydrogen) atoms. The monoisotopic (exact) mass is 1570 g/mol. The van der Waals surface area contributed by atoms with Crippen molar-refractivity contribution in [2.45, 2.75) is 424 Å². The summed E-state index contributed by atoms with van der Waals surface area (Å²) in [5, 5.41) is 195. The topological polar surface area (TPSA) is 513 Å². The molecule has 0 aromatic rings. The molecule has 19 N–H and O–H groups in total. The number of nitrogens with one attached hydrogen (secondary N) is 2. The van der Waals surface area contributed by atoms with Crippen LogP contribution in [0.2, 0.25) is 0 Å². The van der Waals surface area contributed by atoms with Crippen molar-refractivity contribution in [3.63, 3.8) is 0 Å². The van der Waals surface area contributed by atoms with Crippen molar-refractivity contribution >= 4 is 11.8 Å². The molecule has 0 aliphatic carbocycles. The SMILES string of the molecule is CCCCCCCCCCCCC/C=C/[C@@H](O)[C@H](CO[C@@H]1OC(CO)[C@@H](O[C@@H]2OC(CO)[C@H](O)[C@H](O[C@@H]3OC(CO)[C@@H](O[C@H]4OC(C)[C@@H](O)C(O)[C@@H]4O)[C@H](O[C@@H]4OC(CO)[C@H](O)[C@H](O)C4O[C@H]4OC(C)[C@@H](O)C(O)[C@@H]4O)C3NC(C)=O)C2O)[C@H](O)C1O)NC(=O)CCCCCCCCCCCCCCCCCCC. The minimum Gasteiger partial charge on any atom is -0.394 e. The van der Waals surface area contributed by atoms with Gasteiger partial charge in [0.2, 0.25) is 11.8 Å². The van der Waals surface area contributed by atoms with Gasteiger partial charge in [-0.2, -0.15) is 0 Å². The average Bonchev–Trinajstić information content (AvgIpc) is 0.757. The smallest absolute Gasteiger partial charge is 0.220 e. The van der Waals surface area contributed by atoms with Gasteiger partial charge in [0.1, 0.15) is 134 Å². The number of ether oxygens (including phenoxy) is 12. The zero-order valence-electron chi connectivity index (χ0n) is 64.7. The highest BCUT2D eigenvalue weighted by molar-refractivity contribution is 5.76. The maximum Gasteiger partial charge on any atom is 0.220 e. The number of amides is 2. The molecule has 6 rings (SSSR count). The summed E-state index contributed by atoms with van der Waals surface area (Å²) in [6.07, 6.45) is -18.8. The number of carbonyl (C=O) groups is 2. The van der Waals surface area contributed by atoms with Gasteiger partial charge in [0.25, 0.3) is 0 Å². The Morgan fingerprint density at radius 2 is 0.752 bits per heavy atom. The number of hydrogen-bond donors (Lipinski definition) is 19. The fourth-order valence-corrected chi connectivity index (χ4v) is 14.9. The molecule has 6 aliphatic heterocycles. The quantitative estimate of drug-likeness (QED) is 0.0287. The molecular weight excluding hydrogens is 1440 g/mol. The standard InChI is InChI=1S/C76H138N2O31/c1-6-8-10-12-14-16-18-20-21-22-23-25-27-29-31-33-35-37-52(85)78-46(47(84)36-34-32-30-28-26-24-19-17-15-13-11-9-7-2)42-98-72-64(96)61(93)66(50(40-81)104-72)105-75-65(97)69(57(89)49(39-80)101-75)108-71-53(77-45(5)83)68(67(51(41-82)103-71)106-73-62(94)58(90)54(86)43(3)99-73)107-76-70(60(92)56(88)48(38-79)102-76)109-74-63(95)59(91)55(87)44(4)100-74/h34,36,43-44,46-51,53-76,79-82,84,86-97H,6-33,35,37-42H2,1-5H3,(H,77,83)(H,78,85)/b36-34+/t43?,44?,46-,47+,48?,49?,50?,51?,53?,54+,55+,56-,57-,58?,59?,60-,61+,62-,63-,64?,65?,66+,67+,68+,69-,70?,71-,72+,73+,74+,75-,76-/m0/s1. The molecule has 638 valence electrons. The molecule has 33 nitrogen and oxygen atoms in total. The first-order chi connectivity index (χ1) is 52.3. The van der Waals surface area contributed by atoms with E-state index in [0.717, 1.165) is 58.3 Å². The van der Waals surface area contributed by atoms with Crippen molar-refractivity contribution in [2.24, 2.45) is 0 Å². The van der Waals surface area contributed by atoms with Crippen LogP contribution in [-0.4, -0.2) is 328 Å². The molecule has 32 atom stereocenters. The van der Waals surface area contributed by atoms with Gasteiger partial charge in [0.05, 0.1) is 57.4 Å². The second-order valence-corrected chi connectivity index (χ2v) is 30.6. The fraction of sp³-hybridized carbons (Fsp3) is 0.947. The number of unbranched alkanes of at least 4 members (excludes halogenated alkanes) is 27. The van der Waals surface area contributed by atoms with Crippen molar-refractivity contribution in [3.05, 3.63) is 12.2 Å². The Labute approximate surface area is 642 Å². The molecule has 0 radical (unpaired) electrons. The van der Waals surface area contributed by atoms with Crippen LogP contribution in [0.4, 0.5) is 0 Å². The predicted molar refractivity (Wildman–Crippen MR) is 389 cm³/mol. The van der Waals surface area contributed by atoms with Gasteiger partial charge in [-0.3, -0.25) is 9.59 Å². The van der Waals surface area contributed by atoms with Crippen LogP contribution in [0.25, 0.3) is 0 Å². The van der Waals surface area contributed by atoms with E-state index in [1.165, 1.54) is 136 Å². The van der Waals surface area contributed by atoms with E-state index in [9.17, 15) is 96.4 Å². The van der Waals surface area contributed by atoms with E-state index in [0.29, 0.717) is 12.8 Å². The third kappa shape index (κ3) is 29.3. The van der Waals surface area contributed by atoms with Crippen LogP contribution in [0, 0.1) is 0 Å². The lowest BCUT2D eigenvalue weighted by Crippen LogP contribution is -2.71. The van der Waals surface area contributed by atoms with Crippen LogP contribution in [0.1, 0.15) is 227 Å². The molecule has 0 saturated carbocycles. The van der Waals surface area contributed by atoms with Crippen molar-refractivity contribution in [1.29, 1.82) is 0 Å².